The predicted molar refractivity (Wildman–Crippen MR) is 70.7 cm³/mol. The Morgan fingerprint density at radius 3 is 2.90 bits per heavy atom. The summed E-state index contributed by atoms with van der Waals surface area (Å²) in [5, 5.41) is 2.26. The number of carbonyl (C=O) groups excluding carboxylic acids is 3. The van der Waals surface area contributed by atoms with Gasteiger partial charge in [-0.25, -0.2) is 10.8 Å². The van der Waals surface area contributed by atoms with E-state index in [0.717, 1.165) is 4.90 Å². The lowest BCUT2D eigenvalue weighted by Gasteiger charge is -2.31. The van der Waals surface area contributed by atoms with Crippen molar-refractivity contribution in [1.82, 2.24) is 15.2 Å². The monoisotopic (exact) mass is 297 g/mol. The van der Waals surface area contributed by atoms with Gasteiger partial charge < -0.3 is 10.3 Å². The lowest BCUT2D eigenvalue weighted by atomic mass is 10.1. The summed E-state index contributed by atoms with van der Waals surface area (Å²) in [7, 11) is 0. The zero-order valence-electron chi connectivity index (χ0n) is 10.5. The number of imide groups is 1. The van der Waals surface area contributed by atoms with Crippen LogP contribution in [-0.2, 0) is 9.59 Å². The smallest absolute Gasteiger partial charge is 0.275 e. The molecule has 1 fully saturated rings. The Hall–Kier alpha value is -2.19. The molecule has 9 heteroatoms. The van der Waals surface area contributed by atoms with E-state index < -0.39 is 23.8 Å². The number of nitrogens with zero attached hydrogens (tertiary/aromatic N) is 2. The zero-order chi connectivity index (χ0) is 14.9. The third-order valence-corrected chi connectivity index (χ3v) is 3.19. The van der Waals surface area contributed by atoms with Crippen molar-refractivity contribution in [1.29, 1.82) is 0 Å². The van der Waals surface area contributed by atoms with Gasteiger partial charge in [-0.15, -0.1) is 0 Å². The molecule has 2 rings (SSSR count). The average molecular weight is 298 g/mol. The number of anilines is 1. The molecule has 0 bridgehead atoms. The van der Waals surface area contributed by atoms with Gasteiger partial charge in [0.1, 0.15) is 24.1 Å². The molecule has 4 N–H and O–H groups in total. The molecule has 0 radical (unpaired) electrons. The fourth-order valence-corrected chi connectivity index (χ4v) is 1.96. The molecule has 2 heterocycles. The molecule has 3 amide bonds. The maximum Gasteiger partial charge on any atom is 0.275 e. The number of aromatic nitrogens is 1. The van der Waals surface area contributed by atoms with Crippen LogP contribution in [0.1, 0.15) is 17.4 Å². The van der Waals surface area contributed by atoms with E-state index >= 15 is 0 Å². The van der Waals surface area contributed by atoms with Gasteiger partial charge in [-0.05, 0) is 19.1 Å². The predicted octanol–water partition coefficient (Wildman–Crippen LogP) is -0.492. The number of carbonyl (C=O) groups is 3. The minimum atomic E-state index is -0.785. The summed E-state index contributed by atoms with van der Waals surface area (Å²) in [6.45, 7) is 1.28. The second kappa shape index (κ2) is 5.43. The Morgan fingerprint density at radius 1 is 1.55 bits per heavy atom. The first-order valence-corrected chi connectivity index (χ1v) is 6.09. The molecule has 0 spiro atoms. The van der Waals surface area contributed by atoms with E-state index in [2.05, 4.69) is 15.7 Å². The van der Waals surface area contributed by atoms with Gasteiger partial charge in [0.05, 0.1) is 5.02 Å². The Balaban J connectivity index is 2.35. The third kappa shape index (κ3) is 2.56. The number of hydrogen-bond donors (Lipinski definition) is 3. The summed E-state index contributed by atoms with van der Waals surface area (Å²) in [6, 6.07) is 2.16. The molecule has 1 saturated heterocycles. The number of nitrogen functional groups attached to an aromatic ring is 1. The van der Waals surface area contributed by atoms with Crippen LogP contribution >= 0.6 is 11.6 Å². The minimum absolute atomic E-state index is 0.0727. The Kier molecular flexibility index (Phi) is 3.86. The molecule has 0 aliphatic carbocycles. The molecular formula is C11H12ClN5O3. The van der Waals surface area contributed by atoms with Crippen molar-refractivity contribution in [3.8, 4) is 0 Å². The van der Waals surface area contributed by atoms with E-state index in [4.69, 9.17) is 17.4 Å². The molecule has 0 saturated carbocycles. The first-order chi connectivity index (χ1) is 9.43. The fourth-order valence-electron chi connectivity index (χ4n) is 1.77. The van der Waals surface area contributed by atoms with Gasteiger partial charge in [0.15, 0.2) is 0 Å². The molecule has 1 aromatic heterocycles. The highest BCUT2D eigenvalue weighted by Crippen LogP contribution is 2.20. The number of hydrazine groups is 1. The number of nitrogens with two attached hydrogens (primary N) is 1. The number of nitrogens with one attached hydrogen (secondary N) is 2. The van der Waals surface area contributed by atoms with Crippen LogP contribution in [-0.4, -0.2) is 40.2 Å². The zero-order valence-corrected chi connectivity index (χ0v) is 11.3. The maximum absolute atomic E-state index is 12.4. The van der Waals surface area contributed by atoms with Crippen molar-refractivity contribution in [2.24, 2.45) is 5.84 Å². The number of amides is 3. The van der Waals surface area contributed by atoms with Gasteiger partial charge in [0.2, 0.25) is 11.8 Å². The maximum atomic E-state index is 12.4. The van der Waals surface area contributed by atoms with Gasteiger partial charge in [0.25, 0.3) is 5.91 Å². The van der Waals surface area contributed by atoms with Crippen LogP contribution in [0.5, 0.6) is 0 Å². The van der Waals surface area contributed by atoms with E-state index in [-0.39, 0.29) is 23.1 Å². The number of halogens is 1. The molecular weight excluding hydrogens is 286 g/mol. The van der Waals surface area contributed by atoms with E-state index in [0.29, 0.717) is 0 Å². The van der Waals surface area contributed by atoms with Gasteiger partial charge in [-0.1, -0.05) is 11.6 Å². The van der Waals surface area contributed by atoms with Gasteiger partial charge in [-0.2, -0.15) is 0 Å². The summed E-state index contributed by atoms with van der Waals surface area (Å²) in [6.07, 6.45) is 0. The average Bonchev–Trinajstić information content (AvgIpc) is 2.42. The molecule has 20 heavy (non-hydrogen) atoms. The number of rotatable bonds is 2. The first kappa shape index (κ1) is 14.2. The Labute approximate surface area is 119 Å². The van der Waals surface area contributed by atoms with Crippen molar-refractivity contribution in [2.45, 2.75) is 13.0 Å². The van der Waals surface area contributed by atoms with Crippen LogP contribution in [0, 0.1) is 0 Å². The SMILES string of the molecule is CC1C(=O)NC(=O)CN1C(=O)c1nc(NN)ccc1Cl. The summed E-state index contributed by atoms with van der Waals surface area (Å²) >= 11 is 5.92. The molecule has 106 valence electrons. The summed E-state index contributed by atoms with van der Waals surface area (Å²) in [4.78, 5) is 40.3. The number of pyridine rings is 1. The normalized spacial score (nSPS) is 18.8. The van der Waals surface area contributed by atoms with E-state index in [1.807, 2.05) is 0 Å². The van der Waals surface area contributed by atoms with Crippen molar-refractivity contribution in [3.05, 3.63) is 22.8 Å². The molecule has 1 atom stereocenters. The van der Waals surface area contributed by atoms with Crippen molar-refractivity contribution in [3.63, 3.8) is 0 Å². The quantitative estimate of drug-likeness (QED) is 0.385. The first-order valence-electron chi connectivity index (χ1n) is 5.72. The highest BCUT2D eigenvalue weighted by atomic mass is 35.5. The number of hydrogen-bond acceptors (Lipinski definition) is 6. The molecule has 1 aromatic rings. The number of piperazine rings is 1. The molecule has 1 aliphatic rings. The van der Waals surface area contributed by atoms with Crippen molar-refractivity contribution >= 4 is 35.1 Å². The van der Waals surface area contributed by atoms with Gasteiger partial charge in [0, 0.05) is 0 Å². The fraction of sp³-hybridized carbons (Fsp3) is 0.273. The van der Waals surface area contributed by atoms with Crippen molar-refractivity contribution in [2.75, 3.05) is 12.0 Å². The highest BCUT2D eigenvalue weighted by Gasteiger charge is 2.35. The lowest BCUT2D eigenvalue weighted by Crippen LogP contribution is -2.58. The van der Waals surface area contributed by atoms with Gasteiger partial charge >= 0.3 is 0 Å². The lowest BCUT2D eigenvalue weighted by molar-refractivity contribution is -0.138. The largest absolute Gasteiger partial charge is 0.316 e. The van der Waals surface area contributed by atoms with Crippen LogP contribution < -0.4 is 16.6 Å². The molecule has 8 nitrogen and oxygen atoms in total. The van der Waals surface area contributed by atoms with Crippen LogP contribution in [0.15, 0.2) is 12.1 Å². The standard InChI is InChI=1S/C11H12ClN5O3/c1-5-10(19)15-8(18)4-17(5)11(20)9-6(12)2-3-7(14-9)16-13/h2-3,5H,4,13H2,1H3,(H,14,16)(H,15,18,19). The summed E-state index contributed by atoms with van der Waals surface area (Å²) < 4.78 is 0. The Morgan fingerprint density at radius 2 is 2.25 bits per heavy atom. The summed E-state index contributed by atoms with van der Waals surface area (Å²) in [5.74, 6) is 3.77. The molecule has 0 aromatic carbocycles. The second-order valence-electron chi connectivity index (χ2n) is 4.19. The van der Waals surface area contributed by atoms with E-state index in [9.17, 15) is 14.4 Å². The van der Waals surface area contributed by atoms with Crippen LogP contribution in [0.25, 0.3) is 0 Å². The third-order valence-electron chi connectivity index (χ3n) is 2.88. The second-order valence-corrected chi connectivity index (χ2v) is 4.60. The molecule has 1 aliphatic heterocycles. The highest BCUT2D eigenvalue weighted by molar-refractivity contribution is 6.33. The van der Waals surface area contributed by atoms with Crippen molar-refractivity contribution < 1.29 is 14.4 Å². The van der Waals surface area contributed by atoms with Crippen LogP contribution in [0.2, 0.25) is 5.02 Å². The summed E-state index contributed by atoms with van der Waals surface area (Å²) in [5.41, 5.74) is 2.22. The van der Waals surface area contributed by atoms with Gasteiger partial charge in [-0.3, -0.25) is 19.7 Å². The Bertz CT molecular complexity index is 591. The van der Waals surface area contributed by atoms with E-state index in [1.54, 1.807) is 0 Å². The molecule has 1 unspecified atom stereocenters. The van der Waals surface area contributed by atoms with Crippen LogP contribution in [0.3, 0.4) is 0 Å². The van der Waals surface area contributed by atoms with E-state index in [1.165, 1.54) is 19.1 Å². The topological polar surface area (TPSA) is 117 Å². The minimum Gasteiger partial charge on any atom is -0.316 e. The van der Waals surface area contributed by atoms with Crippen LogP contribution in [0.4, 0.5) is 5.82 Å².